The van der Waals surface area contributed by atoms with Gasteiger partial charge in [-0.2, -0.15) is 0 Å². The van der Waals surface area contributed by atoms with Crippen LogP contribution in [0.4, 0.5) is 0 Å². The van der Waals surface area contributed by atoms with Crippen LogP contribution in [0.15, 0.2) is 0 Å². The smallest absolute Gasteiger partial charge is 0.303 e. The summed E-state index contributed by atoms with van der Waals surface area (Å²) in [6, 6.07) is -1.65. The average molecular weight is 319 g/mol. The molecule has 0 radical (unpaired) electrons. The van der Waals surface area contributed by atoms with Gasteiger partial charge in [-0.3, -0.25) is 24.1 Å². The lowest BCUT2D eigenvalue weighted by atomic mass is 10.0. The number of hydrogen-bond donors (Lipinski definition) is 2. The number of aldehydes is 1. The van der Waals surface area contributed by atoms with E-state index in [0.29, 0.717) is 4.90 Å². The maximum absolute atomic E-state index is 11.3. The molecule has 10 heteroatoms. The first kappa shape index (κ1) is 19.7. The minimum Gasteiger partial charge on any atom is -0.458 e. The summed E-state index contributed by atoms with van der Waals surface area (Å²) in [5.41, 5.74) is 0. The first-order valence-corrected chi connectivity index (χ1v) is 6.08. The van der Waals surface area contributed by atoms with E-state index in [9.17, 15) is 29.1 Å². The third kappa shape index (κ3) is 5.22. The van der Waals surface area contributed by atoms with Crippen molar-refractivity contribution in [3.8, 4) is 0 Å². The van der Waals surface area contributed by atoms with Crippen LogP contribution in [-0.2, 0) is 33.4 Å². The van der Waals surface area contributed by atoms with Crippen LogP contribution in [0.25, 0.3) is 0 Å². The molecule has 0 saturated heterocycles. The van der Waals surface area contributed by atoms with Gasteiger partial charge in [-0.1, -0.05) is 0 Å². The molecule has 0 fully saturated rings. The molecule has 0 rings (SSSR count). The molecule has 124 valence electrons. The van der Waals surface area contributed by atoms with Crippen molar-refractivity contribution in [2.45, 2.75) is 38.2 Å². The van der Waals surface area contributed by atoms with E-state index in [0.717, 1.165) is 13.8 Å². The second-order valence-corrected chi connectivity index (χ2v) is 4.18. The van der Waals surface area contributed by atoms with Gasteiger partial charge in [0.25, 0.3) is 6.47 Å². The highest BCUT2D eigenvalue weighted by Crippen LogP contribution is 2.16. The van der Waals surface area contributed by atoms with Gasteiger partial charge in [0.15, 0.2) is 12.2 Å². The average Bonchev–Trinajstić information content (AvgIpc) is 2.47. The van der Waals surface area contributed by atoms with Gasteiger partial charge in [-0.15, -0.1) is 0 Å². The maximum Gasteiger partial charge on any atom is 0.303 e. The van der Waals surface area contributed by atoms with Gasteiger partial charge in [-0.25, -0.2) is 0 Å². The van der Waals surface area contributed by atoms with Gasteiger partial charge in [-0.05, 0) is 0 Å². The van der Waals surface area contributed by atoms with E-state index in [4.69, 9.17) is 9.84 Å². The topological polar surface area (TPSA) is 148 Å². The van der Waals surface area contributed by atoms with Crippen molar-refractivity contribution in [2.75, 3.05) is 6.61 Å². The van der Waals surface area contributed by atoms with Crippen LogP contribution in [0.1, 0.15) is 13.8 Å². The van der Waals surface area contributed by atoms with Crippen molar-refractivity contribution in [3.63, 3.8) is 0 Å². The normalized spacial score (nSPS) is 15.6. The zero-order valence-electron chi connectivity index (χ0n) is 11.9. The molecule has 10 nitrogen and oxygen atoms in total. The third-order valence-electron chi connectivity index (χ3n) is 2.68. The molecule has 0 unspecified atom stereocenters. The molecule has 0 aromatic rings. The Kier molecular flexibility index (Phi) is 8.56. The van der Waals surface area contributed by atoms with Crippen LogP contribution in [-0.4, -0.2) is 77.1 Å². The van der Waals surface area contributed by atoms with Gasteiger partial charge < -0.3 is 24.5 Å². The largest absolute Gasteiger partial charge is 0.458 e. The highest BCUT2D eigenvalue weighted by molar-refractivity contribution is 5.88. The van der Waals surface area contributed by atoms with Gasteiger partial charge in [0.1, 0.15) is 18.4 Å². The van der Waals surface area contributed by atoms with Crippen molar-refractivity contribution in [2.24, 2.45) is 0 Å². The Morgan fingerprint density at radius 2 is 1.77 bits per heavy atom. The molecule has 0 aliphatic heterocycles. The number of carbonyl (C=O) groups excluding carboxylic acids is 5. The Labute approximate surface area is 125 Å². The number of amides is 2. The van der Waals surface area contributed by atoms with E-state index in [2.05, 4.69) is 4.74 Å². The Hall–Kier alpha value is -2.33. The van der Waals surface area contributed by atoms with Crippen molar-refractivity contribution in [1.82, 2.24) is 4.90 Å². The minimum absolute atomic E-state index is 0.0265. The van der Waals surface area contributed by atoms with E-state index in [1.165, 1.54) is 0 Å². The Balaban J connectivity index is 5.71. The van der Waals surface area contributed by atoms with Crippen LogP contribution in [0.3, 0.4) is 0 Å². The molecule has 4 atom stereocenters. The second-order valence-electron chi connectivity index (χ2n) is 4.18. The Bertz CT molecular complexity index is 425. The lowest BCUT2D eigenvalue weighted by Crippen LogP contribution is -2.56. The number of esters is 1. The lowest BCUT2D eigenvalue weighted by molar-refractivity contribution is -0.180. The van der Waals surface area contributed by atoms with E-state index in [1.54, 1.807) is 0 Å². The van der Waals surface area contributed by atoms with Crippen LogP contribution in [0.5, 0.6) is 0 Å². The molecule has 0 aromatic heterocycles. The number of carbonyl (C=O) groups is 5. The molecular weight excluding hydrogens is 302 g/mol. The van der Waals surface area contributed by atoms with Crippen LogP contribution >= 0.6 is 0 Å². The first-order valence-electron chi connectivity index (χ1n) is 6.08. The van der Waals surface area contributed by atoms with Crippen LogP contribution in [0, 0.1) is 0 Å². The highest BCUT2D eigenvalue weighted by Gasteiger charge is 2.41. The van der Waals surface area contributed by atoms with E-state index in [1.807, 2.05) is 0 Å². The molecule has 22 heavy (non-hydrogen) atoms. The number of aliphatic hydroxyl groups excluding tert-OH is 2. The van der Waals surface area contributed by atoms with Crippen molar-refractivity contribution in [3.05, 3.63) is 0 Å². The molecule has 2 amide bonds. The summed E-state index contributed by atoms with van der Waals surface area (Å²) >= 11 is 0. The second kappa shape index (κ2) is 9.58. The molecule has 0 saturated carbocycles. The SMILES string of the molecule is CC(=O)O[C@@H]([C@H](OC=O)[C@H](C=O)N(C=O)C(C)=O)[C@H](O)CO. The number of imide groups is 1. The maximum atomic E-state index is 11.3. The Morgan fingerprint density at radius 1 is 1.18 bits per heavy atom. The number of ether oxygens (including phenoxy) is 2. The van der Waals surface area contributed by atoms with E-state index >= 15 is 0 Å². The summed E-state index contributed by atoms with van der Waals surface area (Å²) in [4.78, 5) is 55.5. The van der Waals surface area contributed by atoms with Crippen molar-refractivity contribution >= 4 is 31.0 Å². The van der Waals surface area contributed by atoms with Gasteiger partial charge in [0.2, 0.25) is 12.3 Å². The zero-order chi connectivity index (χ0) is 17.3. The summed E-state index contributed by atoms with van der Waals surface area (Å²) in [5.74, 6) is -1.74. The van der Waals surface area contributed by atoms with Crippen LogP contribution in [0.2, 0.25) is 0 Å². The fourth-order valence-corrected chi connectivity index (χ4v) is 1.73. The molecule has 0 heterocycles. The van der Waals surface area contributed by atoms with E-state index in [-0.39, 0.29) is 19.2 Å². The summed E-state index contributed by atoms with van der Waals surface area (Å²) < 4.78 is 9.33. The highest BCUT2D eigenvalue weighted by atomic mass is 16.6. The summed E-state index contributed by atoms with van der Waals surface area (Å²) in [7, 11) is 0. The number of aliphatic hydroxyl groups is 2. The predicted molar refractivity (Wildman–Crippen MR) is 68.0 cm³/mol. The van der Waals surface area contributed by atoms with Crippen LogP contribution < -0.4 is 0 Å². The summed E-state index contributed by atoms with van der Waals surface area (Å²) in [5, 5.41) is 18.6. The quantitative estimate of drug-likeness (QED) is 0.326. The van der Waals surface area contributed by atoms with E-state index < -0.39 is 42.8 Å². The molecule has 0 bridgehead atoms. The molecule has 0 aliphatic carbocycles. The monoisotopic (exact) mass is 319 g/mol. The predicted octanol–water partition coefficient (Wildman–Crippen LogP) is -2.61. The number of rotatable bonds is 10. The van der Waals surface area contributed by atoms with Crippen molar-refractivity contribution in [1.29, 1.82) is 0 Å². The lowest BCUT2D eigenvalue weighted by Gasteiger charge is -2.34. The fourth-order valence-electron chi connectivity index (χ4n) is 1.73. The summed E-state index contributed by atoms with van der Waals surface area (Å²) in [6.45, 7) is 0.966. The standard InChI is InChI=1S/C12H17NO9/c1-7(18)13(5-16)9(3-14)11(21-6-17)12(10(20)4-15)22-8(2)19/h3,5-6,9-12,15,20H,4H2,1-2H3/t9-,10+,11+,12+/m0/s1. The van der Waals surface area contributed by atoms with Gasteiger partial charge in [0.05, 0.1) is 6.61 Å². The number of hydrogen-bond acceptors (Lipinski definition) is 9. The zero-order valence-corrected chi connectivity index (χ0v) is 11.9. The first-order chi connectivity index (χ1) is 10.3. The number of nitrogens with zero attached hydrogens (tertiary/aromatic N) is 1. The van der Waals surface area contributed by atoms with Gasteiger partial charge in [0, 0.05) is 13.8 Å². The summed E-state index contributed by atoms with van der Waals surface area (Å²) in [6.07, 6.45) is -4.92. The molecule has 0 aliphatic rings. The van der Waals surface area contributed by atoms with Gasteiger partial charge >= 0.3 is 5.97 Å². The Morgan fingerprint density at radius 3 is 2.09 bits per heavy atom. The minimum atomic E-state index is -1.71. The molecular formula is C12H17NO9. The molecule has 0 spiro atoms. The molecule has 2 N–H and O–H groups in total. The third-order valence-corrected chi connectivity index (χ3v) is 2.68. The molecule has 0 aromatic carbocycles. The van der Waals surface area contributed by atoms with Crippen molar-refractivity contribution < 1.29 is 43.7 Å². The fraction of sp³-hybridized carbons (Fsp3) is 0.583.